The molecule has 6 heteroatoms. The summed E-state index contributed by atoms with van der Waals surface area (Å²) in [5.41, 5.74) is -1.71. The van der Waals surface area contributed by atoms with Gasteiger partial charge in [0.2, 0.25) is 5.92 Å². The lowest BCUT2D eigenvalue weighted by Gasteiger charge is -2.33. The second kappa shape index (κ2) is 6.17. The van der Waals surface area contributed by atoms with Crippen LogP contribution < -0.4 is 5.32 Å². The maximum atomic E-state index is 13.6. The molecule has 1 aromatic rings. The molecule has 0 radical (unpaired) electrons. The third-order valence-corrected chi connectivity index (χ3v) is 4.81. The molecular weight excluding hydrogens is 304 g/mol. The first-order valence-corrected chi connectivity index (χ1v) is 7.99. The molecule has 2 aliphatic rings. The van der Waals surface area contributed by atoms with Crippen LogP contribution in [0.4, 0.5) is 8.78 Å². The summed E-state index contributed by atoms with van der Waals surface area (Å²) in [6.45, 7) is 1.26. The summed E-state index contributed by atoms with van der Waals surface area (Å²) in [6, 6.07) is 8.28. The van der Waals surface area contributed by atoms with Crippen LogP contribution in [0.5, 0.6) is 0 Å². The molecule has 3 atom stereocenters. The monoisotopic (exact) mass is 325 g/mol. The average molecular weight is 325 g/mol. The van der Waals surface area contributed by atoms with Crippen molar-refractivity contribution in [3.05, 3.63) is 35.9 Å². The van der Waals surface area contributed by atoms with E-state index in [0.29, 0.717) is 18.5 Å². The summed E-state index contributed by atoms with van der Waals surface area (Å²) in [6.07, 6.45) is -0.380. The molecule has 1 aliphatic carbocycles. The molecule has 0 bridgehead atoms. The van der Waals surface area contributed by atoms with Crippen LogP contribution in [0, 0.1) is 5.92 Å². The largest absolute Gasteiger partial charge is 0.459 e. The van der Waals surface area contributed by atoms with Gasteiger partial charge < -0.3 is 15.2 Å². The second-order valence-corrected chi connectivity index (χ2v) is 6.45. The van der Waals surface area contributed by atoms with Gasteiger partial charge in [0.1, 0.15) is 6.10 Å². The highest BCUT2D eigenvalue weighted by Crippen LogP contribution is 2.48. The summed E-state index contributed by atoms with van der Waals surface area (Å²) in [5.74, 6) is -4.51. The Balaban J connectivity index is 1.88. The quantitative estimate of drug-likeness (QED) is 0.834. The van der Waals surface area contributed by atoms with Crippen LogP contribution in [-0.2, 0) is 15.1 Å². The Morgan fingerprint density at radius 2 is 2.04 bits per heavy atom. The molecule has 2 N–H and O–H groups in total. The lowest BCUT2D eigenvalue weighted by atomic mass is 9.80. The molecule has 0 spiro atoms. The zero-order chi connectivity index (χ0) is 16.5. The molecule has 3 unspecified atom stereocenters. The van der Waals surface area contributed by atoms with Crippen LogP contribution in [0.15, 0.2) is 30.3 Å². The van der Waals surface area contributed by atoms with Gasteiger partial charge in [0.05, 0.1) is 0 Å². The molecule has 1 aromatic carbocycles. The highest BCUT2D eigenvalue weighted by molar-refractivity contribution is 5.82. The number of ether oxygens (including phenoxy) is 1. The number of carbonyl (C=O) groups is 1. The predicted octanol–water partition coefficient (Wildman–Crippen LogP) is 2.21. The van der Waals surface area contributed by atoms with Gasteiger partial charge in [0, 0.05) is 25.3 Å². The Morgan fingerprint density at radius 1 is 1.30 bits per heavy atom. The summed E-state index contributed by atoms with van der Waals surface area (Å²) < 4.78 is 32.7. The molecule has 1 heterocycles. The number of hydrogen-bond donors (Lipinski definition) is 2. The Labute approximate surface area is 133 Å². The Kier molecular flexibility index (Phi) is 4.38. The van der Waals surface area contributed by atoms with E-state index in [4.69, 9.17) is 4.74 Å². The van der Waals surface area contributed by atoms with E-state index in [9.17, 15) is 18.7 Å². The molecule has 23 heavy (non-hydrogen) atoms. The molecular formula is C17H21F2NO3. The fourth-order valence-electron chi connectivity index (χ4n) is 3.49. The van der Waals surface area contributed by atoms with E-state index in [1.54, 1.807) is 30.3 Å². The minimum atomic E-state index is -2.84. The fraction of sp³-hybridized carbons (Fsp3) is 0.588. The molecule has 0 aromatic heterocycles. The molecule has 1 aliphatic heterocycles. The van der Waals surface area contributed by atoms with Crippen molar-refractivity contribution in [3.8, 4) is 0 Å². The first-order valence-electron chi connectivity index (χ1n) is 7.99. The number of aliphatic hydroxyl groups is 1. The number of carbonyl (C=O) groups excluding carboxylic acids is 1. The van der Waals surface area contributed by atoms with Crippen molar-refractivity contribution in [2.75, 3.05) is 13.1 Å². The normalized spacial score (nSPS) is 29.2. The average Bonchev–Trinajstić information content (AvgIpc) is 3.16. The van der Waals surface area contributed by atoms with Crippen molar-refractivity contribution in [3.63, 3.8) is 0 Å². The van der Waals surface area contributed by atoms with E-state index < -0.39 is 29.8 Å². The molecule has 2 fully saturated rings. The number of nitrogens with one attached hydrogen (secondary N) is 1. The van der Waals surface area contributed by atoms with Gasteiger partial charge in [0.25, 0.3) is 0 Å². The van der Waals surface area contributed by atoms with Crippen molar-refractivity contribution in [1.82, 2.24) is 5.32 Å². The molecule has 3 rings (SSSR count). The van der Waals surface area contributed by atoms with Crippen molar-refractivity contribution in [1.29, 1.82) is 0 Å². The van der Waals surface area contributed by atoms with Crippen LogP contribution in [-0.4, -0.2) is 36.2 Å². The van der Waals surface area contributed by atoms with Gasteiger partial charge in [-0.1, -0.05) is 30.3 Å². The van der Waals surface area contributed by atoms with Crippen molar-refractivity contribution in [2.24, 2.45) is 5.92 Å². The van der Waals surface area contributed by atoms with E-state index in [2.05, 4.69) is 5.32 Å². The summed E-state index contributed by atoms with van der Waals surface area (Å²) in [7, 11) is 0. The Bertz CT molecular complexity index is 560. The molecule has 0 amide bonds. The first kappa shape index (κ1) is 16.3. The van der Waals surface area contributed by atoms with Gasteiger partial charge in [-0.15, -0.1) is 0 Å². The van der Waals surface area contributed by atoms with Crippen molar-refractivity contribution in [2.45, 2.75) is 43.3 Å². The number of benzene rings is 1. The topological polar surface area (TPSA) is 58.6 Å². The minimum Gasteiger partial charge on any atom is -0.459 e. The number of esters is 1. The minimum absolute atomic E-state index is 0.0937. The van der Waals surface area contributed by atoms with Crippen LogP contribution in [0.25, 0.3) is 0 Å². The highest BCUT2D eigenvalue weighted by atomic mass is 19.3. The van der Waals surface area contributed by atoms with E-state index >= 15 is 0 Å². The van der Waals surface area contributed by atoms with Gasteiger partial charge in [-0.25, -0.2) is 13.6 Å². The maximum Gasteiger partial charge on any atom is 0.343 e. The molecule has 126 valence electrons. The summed E-state index contributed by atoms with van der Waals surface area (Å²) >= 11 is 0. The third kappa shape index (κ3) is 3.23. The SMILES string of the molecule is O=C(OC1CCNC1)C(O)(c1ccccc1)C1CCC(F)(F)C1. The van der Waals surface area contributed by atoms with E-state index in [0.717, 1.165) is 6.54 Å². The summed E-state index contributed by atoms with van der Waals surface area (Å²) in [5, 5.41) is 14.2. The third-order valence-electron chi connectivity index (χ3n) is 4.81. The Morgan fingerprint density at radius 3 is 2.61 bits per heavy atom. The molecule has 1 saturated heterocycles. The van der Waals surface area contributed by atoms with Crippen LogP contribution >= 0.6 is 0 Å². The number of rotatable bonds is 4. The van der Waals surface area contributed by atoms with Crippen LogP contribution in [0.1, 0.15) is 31.2 Å². The number of hydrogen-bond acceptors (Lipinski definition) is 4. The van der Waals surface area contributed by atoms with Gasteiger partial charge in [0.15, 0.2) is 5.60 Å². The van der Waals surface area contributed by atoms with Gasteiger partial charge in [-0.05, 0) is 24.9 Å². The number of halogens is 2. The fourth-order valence-corrected chi connectivity index (χ4v) is 3.49. The van der Waals surface area contributed by atoms with Gasteiger partial charge in [-0.3, -0.25) is 0 Å². The molecule has 1 saturated carbocycles. The van der Waals surface area contributed by atoms with Crippen molar-refractivity contribution < 1.29 is 23.4 Å². The van der Waals surface area contributed by atoms with E-state index in [-0.39, 0.29) is 18.9 Å². The zero-order valence-corrected chi connectivity index (χ0v) is 12.8. The maximum absolute atomic E-state index is 13.6. The standard InChI is InChI=1S/C17H21F2NO3/c18-16(19)8-6-13(10-16)17(22,12-4-2-1-3-5-12)15(21)23-14-7-9-20-11-14/h1-5,13-14,20,22H,6-11H2. The molecule has 4 nitrogen and oxygen atoms in total. The smallest absolute Gasteiger partial charge is 0.343 e. The summed E-state index contributed by atoms with van der Waals surface area (Å²) in [4.78, 5) is 12.7. The van der Waals surface area contributed by atoms with E-state index in [1.165, 1.54) is 0 Å². The van der Waals surface area contributed by atoms with E-state index in [1.807, 2.05) is 0 Å². The zero-order valence-electron chi connectivity index (χ0n) is 12.8. The van der Waals surface area contributed by atoms with Crippen molar-refractivity contribution >= 4 is 5.97 Å². The predicted molar refractivity (Wildman–Crippen MR) is 80.0 cm³/mol. The lowest BCUT2D eigenvalue weighted by Crippen LogP contribution is -2.45. The van der Waals surface area contributed by atoms with Crippen LogP contribution in [0.2, 0.25) is 0 Å². The first-order chi connectivity index (χ1) is 10.9. The lowest BCUT2D eigenvalue weighted by molar-refractivity contribution is -0.179. The van der Waals surface area contributed by atoms with Gasteiger partial charge >= 0.3 is 5.97 Å². The number of alkyl halides is 2. The Hall–Kier alpha value is -1.53. The second-order valence-electron chi connectivity index (χ2n) is 6.45. The van der Waals surface area contributed by atoms with Gasteiger partial charge in [-0.2, -0.15) is 0 Å². The van der Waals surface area contributed by atoms with Crippen LogP contribution in [0.3, 0.4) is 0 Å². The highest BCUT2D eigenvalue weighted by Gasteiger charge is 2.54.